The Balaban J connectivity index is 1.46. The van der Waals surface area contributed by atoms with Gasteiger partial charge in [0, 0.05) is 18.5 Å². The first-order valence-electron chi connectivity index (χ1n) is 9.68. The number of nitrogens with one attached hydrogen (secondary N) is 1. The fourth-order valence-electron chi connectivity index (χ4n) is 4.26. The summed E-state index contributed by atoms with van der Waals surface area (Å²) in [5, 5.41) is 7.27. The average molecular weight is 356 g/mol. The van der Waals surface area contributed by atoms with Crippen molar-refractivity contribution in [1.29, 1.82) is 0 Å². The van der Waals surface area contributed by atoms with Crippen LogP contribution in [-0.2, 0) is 4.79 Å². The van der Waals surface area contributed by atoms with Gasteiger partial charge in [-0.1, -0.05) is 19.3 Å². The van der Waals surface area contributed by atoms with Crippen LogP contribution >= 0.6 is 0 Å². The van der Waals surface area contributed by atoms with Gasteiger partial charge in [-0.3, -0.25) is 9.89 Å². The summed E-state index contributed by atoms with van der Waals surface area (Å²) in [6.45, 7) is 0.794. The van der Waals surface area contributed by atoms with Crippen LogP contribution in [0.5, 0.6) is 0 Å². The van der Waals surface area contributed by atoms with E-state index in [-0.39, 0.29) is 17.8 Å². The summed E-state index contributed by atoms with van der Waals surface area (Å²) >= 11 is 0. The Bertz CT molecular complexity index is 751. The fraction of sp³-hybridized carbons (Fsp3) is 0.550. The minimum atomic E-state index is -0.278. The SMILES string of the molecule is O=C(CC1CCCCC1)N1CCCC1c1nc(-c2ccc(F)cc2)n[nH]1. The molecule has 2 aromatic rings. The van der Waals surface area contributed by atoms with Crippen LogP contribution < -0.4 is 0 Å². The van der Waals surface area contributed by atoms with Gasteiger partial charge >= 0.3 is 0 Å². The molecule has 1 saturated heterocycles. The Morgan fingerprint density at radius 2 is 1.88 bits per heavy atom. The maximum Gasteiger partial charge on any atom is 0.223 e. The summed E-state index contributed by atoms with van der Waals surface area (Å²) in [7, 11) is 0. The Labute approximate surface area is 153 Å². The zero-order valence-corrected chi connectivity index (χ0v) is 15.0. The summed E-state index contributed by atoms with van der Waals surface area (Å²) in [5.74, 6) is 1.80. The average Bonchev–Trinajstić information content (AvgIpc) is 3.32. The lowest BCUT2D eigenvalue weighted by Gasteiger charge is -2.27. The molecule has 0 radical (unpaired) electrons. The summed E-state index contributed by atoms with van der Waals surface area (Å²) in [4.78, 5) is 19.4. The number of carbonyl (C=O) groups excluding carboxylic acids is 1. The molecule has 6 heteroatoms. The van der Waals surface area contributed by atoms with Crippen molar-refractivity contribution in [2.45, 2.75) is 57.4 Å². The highest BCUT2D eigenvalue weighted by molar-refractivity contribution is 5.77. The molecule has 2 heterocycles. The molecule has 1 aromatic carbocycles. The van der Waals surface area contributed by atoms with Crippen LogP contribution in [-0.4, -0.2) is 32.5 Å². The number of amides is 1. The summed E-state index contributed by atoms with van der Waals surface area (Å²) in [6.07, 6.45) is 8.75. The molecule has 4 rings (SSSR count). The third-order valence-corrected chi connectivity index (χ3v) is 5.68. The number of H-pyrrole nitrogens is 1. The highest BCUT2D eigenvalue weighted by Crippen LogP contribution is 2.34. The molecule has 1 aliphatic carbocycles. The summed E-state index contributed by atoms with van der Waals surface area (Å²) in [6, 6.07) is 6.13. The molecule has 1 N–H and O–H groups in total. The van der Waals surface area contributed by atoms with Crippen LogP contribution in [0, 0.1) is 11.7 Å². The van der Waals surface area contributed by atoms with Gasteiger partial charge in [0.15, 0.2) is 5.82 Å². The molecule has 2 fully saturated rings. The van der Waals surface area contributed by atoms with E-state index in [4.69, 9.17) is 0 Å². The Hall–Kier alpha value is -2.24. The van der Waals surface area contributed by atoms with Gasteiger partial charge in [0.05, 0.1) is 6.04 Å². The van der Waals surface area contributed by atoms with E-state index < -0.39 is 0 Å². The van der Waals surface area contributed by atoms with Crippen LogP contribution in [0.25, 0.3) is 11.4 Å². The number of likely N-dealkylation sites (tertiary alicyclic amines) is 1. The van der Waals surface area contributed by atoms with Crippen molar-refractivity contribution < 1.29 is 9.18 Å². The van der Waals surface area contributed by atoms with Crippen molar-refractivity contribution in [3.63, 3.8) is 0 Å². The first-order valence-corrected chi connectivity index (χ1v) is 9.68. The molecule has 1 unspecified atom stereocenters. The van der Waals surface area contributed by atoms with Crippen molar-refractivity contribution in [3.8, 4) is 11.4 Å². The van der Waals surface area contributed by atoms with E-state index in [0.29, 0.717) is 18.2 Å². The Morgan fingerprint density at radius 1 is 1.12 bits per heavy atom. The van der Waals surface area contributed by atoms with Gasteiger partial charge in [-0.05, 0) is 55.9 Å². The van der Waals surface area contributed by atoms with Crippen LogP contribution in [0.1, 0.15) is 63.2 Å². The highest BCUT2D eigenvalue weighted by atomic mass is 19.1. The van der Waals surface area contributed by atoms with Gasteiger partial charge < -0.3 is 4.90 Å². The number of aromatic nitrogens is 3. The van der Waals surface area contributed by atoms with Crippen molar-refractivity contribution in [1.82, 2.24) is 20.1 Å². The van der Waals surface area contributed by atoms with E-state index in [1.54, 1.807) is 12.1 Å². The summed E-state index contributed by atoms with van der Waals surface area (Å²) in [5.41, 5.74) is 0.770. The number of nitrogens with zero attached hydrogens (tertiary/aromatic N) is 3. The van der Waals surface area contributed by atoms with E-state index in [0.717, 1.165) is 30.8 Å². The molecule has 0 spiro atoms. The molecule has 2 aliphatic rings. The van der Waals surface area contributed by atoms with Crippen LogP contribution in [0.15, 0.2) is 24.3 Å². The smallest absolute Gasteiger partial charge is 0.223 e. The van der Waals surface area contributed by atoms with E-state index in [1.165, 1.54) is 44.2 Å². The number of benzene rings is 1. The number of halogens is 1. The van der Waals surface area contributed by atoms with Crippen molar-refractivity contribution >= 4 is 5.91 Å². The van der Waals surface area contributed by atoms with E-state index in [9.17, 15) is 9.18 Å². The lowest BCUT2D eigenvalue weighted by Crippen LogP contribution is -2.32. The maximum absolute atomic E-state index is 13.1. The van der Waals surface area contributed by atoms with Gasteiger partial charge in [-0.15, -0.1) is 0 Å². The summed E-state index contributed by atoms with van der Waals surface area (Å²) < 4.78 is 13.1. The molecule has 0 bridgehead atoms. The number of hydrogen-bond donors (Lipinski definition) is 1. The molecule has 5 nitrogen and oxygen atoms in total. The number of hydrogen-bond acceptors (Lipinski definition) is 3. The van der Waals surface area contributed by atoms with Crippen LogP contribution in [0.2, 0.25) is 0 Å². The maximum atomic E-state index is 13.1. The van der Waals surface area contributed by atoms with Crippen molar-refractivity contribution in [2.75, 3.05) is 6.54 Å². The van der Waals surface area contributed by atoms with Gasteiger partial charge in [-0.2, -0.15) is 5.10 Å². The van der Waals surface area contributed by atoms with Crippen molar-refractivity contribution in [2.24, 2.45) is 5.92 Å². The highest BCUT2D eigenvalue weighted by Gasteiger charge is 2.33. The molecule has 138 valence electrons. The predicted octanol–water partition coefficient (Wildman–Crippen LogP) is 4.24. The largest absolute Gasteiger partial charge is 0.332 e. The number of carbonyl (C=O) groups is 1. The van der Waals surface area contributed by atoms with Gasteiger partial charge in [0.1, 0.15) is 11.6 Å². The second-order valence-electron chi connectivity index (χ2n) is 7.50. The first-order chi connectivity index (χ1) is 12.7. The number of rotatable bonds is 4. The quantitative estimate of drug-likeness (QED) is 0.891. The second-order valence-corrected chi connectivity index (χ2v) is 7.50. The molecule has 1 atom stereocenters. The third-order valence-electron chi connectivity index (χ3n) is 5.68. The zero-order chi connectivity index (χ0) is 17.9. The van der Waals surface area contributed by atoms with Gasteiger partial charge in [-0.25, -0.2) is 9.37 Å². The van der Waals surface area contributed by atoms with Crippen LogP contribution in [0.3, 0.4) is 0 Å². The zero-order valence-electron chi connectivity index (χ0n) is 15.0. The minimum Gasteiger partial charge on any atom is -0.332 e. The monoisotopic (exact) mass is 356 g/mol. The minimum absolute atomic E-state index is 0.0206. The fourth-order valence-corrected chi connectivity index (χ4v) is 4.26. The molecule has 1 aromatic heterocycles. The molecular weight excluding hydrogens is 331 g/mol. The standard InChI is InChI=1S/C20H25FN4O/c21-16-10-8-15(9-11-16)19-22-20(24-23-19)17-7-4-12-25(17)18(26)13-14-5-2-1-3-6-14/h8-11,14,17H,1-7,12-13H2,(H,22,23,24). The third kappa shape index (κ3) is 3.64. The molecule has 1 aliphatic heterocycles. The van der Waals surface area contributed by atoms with Gasteiger partial charge in [0.25, 0.3) is 0 Å². The Kier molecular flexibility index (Phi) is 5.00. The molecule has 1 saturated carbocycles. The second kappa shape index (κ2) is 7.56. The van der Waals surface area contributed by atoms with E-state index >= 15 is 0 Å². The normalized spacial score (nSPS) is 21.3. The Morgan fingerprint density at radius 3 is 2.65 bits per heavy atom. The topological polar surface area (TPSA) is 61.9 Å². The first kappa shape index (κ1) is 17.2. The van der Waals surface area contributed by atoms with E-state index in [2.05, 4.69) is 15.2 Å². The predicted molar refractivity (Wildman–Crippen MR) is 96.7 cm³/mol. The molecule has 1 amide bonds. The lowest BCUT2D eigenvalue weighted by molar-refractivity contribution is -0.133. The number of aromatic amines is 1. The van der Waals surface area contributed by atoms with E-state index in [1.807, 2.05) is 4.90 Å². The van der Waals surface area contributed by atoms with Crippen LogP contribution in [0.4, 0.5) is 4.39 Å². The van der Waals surface area contributed by atoms with Gasteiger partial charge in [0.2, 0.25) is 5.91 Å². The lowest BCUT2D eigenvalue weighted by atomic mass is 9.86. The molecular formula is C20H25FN4O. The molecule has 26 heavy (non-hydrogen) atoms. The van der Waals surface area contributed by atoms with Crippen molar-refractivity contribution in [3.05, 3.63) is 35.9 Å².